The number of ether oxygens (including phenoxy) is 2. The van der Waals surface area contributed by atoms with Crippen LogP contribution in [0, 0.1) is 0 Å². The van der Waals surface area contributed by atoms with Gasteiger partial charge < -0.3 is 24.7 Å². The molecule has 7 nitrogen and oxygen atoms in total. The van der Waals surface area contributed by atoms with Crippen LogP contribution in [0.4, 0.5) is 0 Å². The lowest BCUT2D eigenvalue weighted by Crippen LogP contribution is -2.33. The van der Waals surface area contributed by atoms with E-state index in [2.05, 4.69) is 5.32 Å². The minimum absolute atomic E-state index is 0.0246. The molecular formula is C18H14NO6S-. The van der Waals surface area contributed by atoms with Crippen molar-refractivity contribution in [2.45, 2.75) is 6.42 Å². The molecule has 134 valence electrons. The van der Waals surface area contributed by atoms with Gasteiger partial charge in [0.25, 0.3) is 5.91 Å². The number of nitrogens with one attached hydrogen (secondary N) is 1. The van der Waals surface area contributed by atoms with Gasteiger partial charge in [-0.15, -0.1) is 11.3 Å². The summed E-state index contributed by atoms with van der Waals surface area (Å²) in [4.78, 5) is 35.1. The molecule has 1 aromatic carbocycles. The van der Waals surface area contributed by atoms with Crippen LogP contribution in [0.1, 0.15) is 21.7 Å². The lowest BCUT2D eigenvalue weighted by Gasteiger charge is -2.08. The SMILES string of the molecule is O=C([O-])CCNC(=O)COc1ccc2c(c1)O/C(=C\c1cccs1)C2=O. The molecule has 1 aromatic heterocycles. The van der Waals surface area contributed by atoms with Crippen LogP contribution in [-0.4, -0.2) is 30.8 Å². The van der Waals surface area contributed by atoms with Crippen molar-refractivity contribution in [3.63, 3.8) is 0 Å². The number of carbonyl (C=O) groups is 3. The average Bonchev–Trinajstić information content (AvgIpc) is 3.21. The molecule has 1 amide bonds. The van der Waals surface area contributed by atoms with Gasteiger partial charge >= 0.3 is 0 Å². The van der Waals surface area contributed by atoms with E-state index in [1.54, 1.807) is 18.2 Å². The standard InChI is InChI=1S/C18H15NO6S/c20-16(19-6-5-17(21)22)10-24-11-3-4-13-14(8-11)25-15(18(13)23)9-12-2-1-7-26-12/h1-4,7-9H,5-6,10H2,(H,19,20)(H,21,22)/p-1/b15-9-. The molecule has 3 rings (SSSR count). The summed E-state index contributed by atoms with van der Waals surface area (Å²) in [6.45, 7) is -0.305. The molecule has 0 saturated carbocycles. The Bertz CT molecular complexity index is 872. The highest BCUT2D eigenvalue weighted by atomic mass is 32.1. The number of benzene rings is 1. The molecule has 0 aliphatic carbocycles. The second kappa shape index (κ2) is 7.83. The Morgan fingerprint density at radius 1 is 1.31 bits per heavy atom. The fraction of sp³-hybridized carbons (Fsp3) is 0.167. The number of allylic oxidation sites excluding steroid dienone is 1. The van der Waals surface area contributed by atoms with Crippen molar-refractivity contribution < 1.29 is 29.0 Å². The molecule has 1 aliphatic rings. The van der Waals surface area contributed by atoms with Gasteiger partial charge in [0.2, 0.25) is 5.78 Å². The smallest absolute Gasteiger partial charge is 0.257 e. The number of aliphatic carboxylic acids is 1. The molecular weight excluding hydrogens is 358 g/mol. The maximum Gasteiger partial charge on any atom is 0.257 e. The highest BCUT2D eigenvalue weighted by molar-refractivity contribution is 7.10. The van der Waals surface area contributed by atoms with E-state index in [0.29, 0.717) is 17.1 Å². The number of fused-ring (bicyclic) bond motifs is 1. The monoisotopic (exact) mass is 372 g/mol. The van der Waals surface area contributed by atoms with Crippen molar-refractivity contribution in [3.8, 4) is 11.5 Å². The van der Waals surface area contributed by atoms with Gasteiger partial charge in [-0.3, -0.25) is 9.59 Å². The van der Waals surface area contributed by atoms with E-state index in [0.717, 1.165) is 4.88 Å². The van der Waals surface area contributed by atoms with E-state index < -0.39 is 11.9 Å². The van der Waals surface area contributed by atoms with Crippen LogP contribution >= 0.6 is 11.3 Å². The summed E-state index contributed by atoms with van der Waals surface area (Å²) in [6.07, 6.45) is 1.41. The lowest BCUT2D eigenvalue weighted by molar-refractivity contribution is -0.305. The highest BCUT2D eigenvalue weighted by Crippen LogP contribution is 2.35. The van der Waals surface area contributed by atoms with Crippen LogP contribution in [0.3, 0.4) is 0 Å². The minimum Gasteiger partial charge on any atom is -0.550 e. The highest BCUT2D eigenvalue weighted by Gasteiger charge is 2.27. The van der Waals surface area contributed by atoms with Crippen molar-refractivity contribution >= 4 is 35.1 Å². The Labute approximate surface area is 152 Å². The Morgan fingerprint density at radius 2 is 2.15 bits per heavy atom. The fourth-order valence-electron chi connectivity index (χ4n) is 2.26. The Hall–Kier alpha value is -3.13. The number of ketones is 1. The number of hydrogen-bond donors (Lipinski definition) is 1. The number of hydrogen-bond acceptors (Lipinski definition) is 7. The van der Waals surface area contributed by atoms with Crippen LogP contribution < -0.4 is 19.9 Å². The second-order valence-corrected chi connectivity index (χ2v) is 6.35. The quantitative estimate of drug-likeness (QED) is 0.727. The van der Waals surface area contributed by atoms with Gasteiger partial charge in [0, 0.05) is 36.0 Å². The summed E-state index contributed by atoms with van der Waals surface area (Å²) >= 11 is 1.49. The minimum atomic E-state index is -1.24. The summed E-state index contributed by atoms with van der Waals surface area (Å²) < 4.78 is 10.9. The maximum absolute atomic E-state index is 12.3. The predicted molar refractivity (Wildman–Crippen MR) is 91.8 cm³/mol. The van der Waals surface area contributed by atoms with Gasteiger partial charge in [0.1, 0.15) is 11.5 Å². The zero-order valence-electron chi connectivity index (χ0n) is 13.5. The van der Waals surface area contributed by atoms with Crippen LogP contribution in [0.2, 0.25) is 0 Å². The largest absolute Gasteiger partial charge is 0.550 e. The molecule has 0 atom stereocenters. The van der Waals surface area contributed by atoms with E-state index in [4.69, 9.17) is 9.47 Å². The first kappa shape index (κ1) is 17.7. The molecule has 2 heterocycles. The molecule has 0 unspecified atom stereocenters. The number of rotatable bonds is 7. The summed E-state index contributed by atoms with van der Waals surface area (Å²) in [5, 5.41) is 14.6. The molecule has 1 aliphatic heterocycles. The molecule has 0 fully saturated rings. The van der Waals surface area contributed by atoms with E-state index in [1.807, 2.05) is 17.5 Å². The van der Waals surface area contributed by atoms with Crippen molar-refractivity contribution in [1.29, 1.82) is 0 Å². The normalized spacial score (nSPS) is 14.0. The summed E-state index contributed by atoms with van der Waals surface area (Å²) in [7, 11) is 0. The Kier molecular flexibility index (Phi) is 5.33. The zero-order chi connectivity index (χ0) is 18.5. The average molecular weight is 372 g/mol. The zero-order valence-corrected chi connectivity index (χ0v) is 14.3. The van der Waals surface area contributed by atoms with Crippen LogP contribution in [0.15, 0.2) is 41.5 Å². The van der Waals surface area contributed by atoms with Crippen LogP contribution in [-0.2, 0) is 9.59 Å². The van der Waals surface area contributed by atoms with Gasteiger partial charge in [-0.25, -0.2) is 0 Å². The number of Topliss-reactive ketones (excluding diaryl/α,β-unsaturated/α-hetero) is 1. The van der Waals surface area contributed by atoms with E-state index in [9.17, 15) is 19.5 Å². The molecule has 0 bridgehead atoms. The third-order valence-corrected chi connectivity index (χ3v) is 4.30. The summed E-state index contributed by atoms with van der Waals surface area (Å²) in [6, 6.07) is 8.45. The van der Waals surface area contributed by atoms with Crippen LogP contribution in [0.5, 0.6) is 11.5 Å². The number of thiophene rings is 1. The molecule has 0 radical (unpaired) electrons. The third kappa shape index (κ3) is 4.28. The number of amides is 1. The molecule has 26 heavy (non-hydrogen) atoms. The molecule has 0 saturated heterocycles. The first-order valence-electron chi connectivity index (χ1n) is 7.74. The van der Waals surface area contributed by atoms with E-state index in [1.165, 1.54) is 17.4 Å². The van der Waals surface area contributed by atoms with Gasteiger partial charge in [-0.05, 0) is 23.6 Å². The molecule has 8 heteroatoms. The van der Waals surface area contributed by atoms with Crippen molar-refractivity contribution in [2.75, 3.05) is 13.2 Å². The second-order valence-electron chi connectivity index (χ2n) is 5.37. The lowest BCUT2D eigenvalue weighted by atomic mass is 10.1. The summed E-state index contributed by atoms with van der Waals surface area (Å²) in [5.74, 6) is -0.934. The Balaban J connectivity index is 1.60. The molecule has 1 N–H and O–H groups in total. The molecule has 2 aromatic rings. The van der Waals surface area contributed by atoms with Crippen molar-refractivity contribution in [3.05, 3.63) is 51.9 Å². The summed E-state index contributed by atoms with van der Waals surface area (Å²) in [5.41, 5.74) is 0.429. The number of carboxylic acids is 1. The first-order chi connectivity index (χ1) is 12.5. The van der Waals surface area contributed by atoms with E-state index in [-0.39, 0.29) is 31.1 Å². The fourth-order valence-corrected chi connectivity index (χ4v) is 2.91. The van der Waals surface area contributed by atoms with Gasteiger partial charge in [-0.2, -0.15) is 0 Å². The number of carboxylic acid groups (broad SMARTS) is 1. The first-order valence-corrected chi connectivity index (χ1v) is 8.62. The van der Waals surface area contributed by atoms with Gasteiger partial charge in [0.15, 0.2) is 12.4 Å². The molecule has 0 spiro atoms. The van der Waals surface area contributed by atoms with E-state index >= 15 is 0 Å². The van der Waals surface area contributed by atoms with Crippen molar-refractivity contribution in [2.24, 2.45) is 0 Å². The Morgan fingerprint density at radius 3 is 2.88 bits per heavy atom. The topological polar surface area (TPSA) is 105 Å². The predicted octanol–water partition coefficient (Wildman–Crippen LogP) is 0.999. The van der Waals surface area contributed by atoms with Gasteiger partial charge in [0.05, 0.1) is 5.56 Å². The van der Waals surface area contributed by atoms with Crippen molar-refractivity contribution in [1.82, 2.24) is 5.32 Å². The maximum atomic E-state index is 12.3. The van der Waals surface area contributed by atoms with Crippen LogP contribution in [0.25, 0.3) is 6.08 Å². The number of carbonyl (C=O) groups excluding carboxylic acids is 3. The van der Waals surface area contributed by atoms with Gasteiger partial charge in [-0.1, -0.05) is 6.07 Å². The third-order valence-electron chi connectivity index (χ3n) is 3.48.